The molecule has 1 aromatic rings. The van der Waals surface area contributed by atoms with Gasteiger partial charge in [-0.2, -0.15) is 0 Å². The Hall–Kier alpha value is -0.910. The highest BCUT2D eigenvalue weighted by molar-refractivity contribution is 7.90. The first-order valence-electron chi connectivity index (χ1n) is 7.79. The zero-order valence-corrected chi connectivity index (χ0v) is 13.6. The number of hydrogen-bond acceptors (Lipinski definition) is 4. The first-order chi connectivity index (χ1) is 10.1. The van der Waals surface area contributed by atoms with Crippen molar-refractivity contribution in [3.63, 3.8) is 0 Å². The lowest BCUT2D eigenvalue weighted by Crippen LogP contribution is -2.34. The Morgan fingerprint density at radius 3 is 2.62 bits per heavy atom. The van der Waals surface area contributed by atoms with Crippen LogP contribution in [0.4, 0.5) is 0 Å². The lowest BCUT2D eigenvalue weighted by atomic mass is 10.0. The standard InChI is InChI=1S/C16H26N2O2S/c1-21(19,20)16-9-7-14(8-10-16)13-17-11-4-6-15-5-2-3-12-18-15/h7-10,15,17-18H,2-6,11-13H2,1H3. The molecule has 0 radical (unpaired) electrons. The van der Waals surface area contributed by atoms with Gasteiger partial charge in [-0.25, -0.2) is 8.42 Å². The molecule has 1 heterocycles. The summed E-state index contributed by atoms with van der Waals surface area (Å²) in [5.41, 5.74) is 1.12. The Balaban J connectivity index is 1.64. The number of sulfone groups is 1. The first kappa shape index (κ1) is 16.5. The molecule has 1 aliphatic heterocycles. The summed E-state index contributed by atoms with van der Waals surface area (Å²) in [5.74, 6) is 0. The Morgan fingerprint density at radius 2 is 2.00 bits per heavy atom. The molecule has 5 heteroatoms. The summed E-state index contributed by atoms with van der Waals surface area (Å²) in [5, 5.41) is 6.99. The molecule has 4 nitrogen and oxygen atoms in total. The summed E-state index contributed by atoms with van der Waals surface area (Å²) in [6.45, 7) is 2.97. The molecule has 0 aliphatic carbocycles. The smallest absolute Gasteiger partial charge is 0.175 e. The Kier molecular flexibility index (Phi) is 6.21. The SMILES string of the molecule is CS(=O)(=O)c1ccc(CNCCCC2CCCCN2)cc1. The Morgan fingerprint density at radius 1 is 1.24 bits per heavy atom. The highest BCUT2D eigenvalue weighted by Gasteiger charge is 2.11. The van der Waals surface area contributed by atoms with Gasteiger partial charge in [0.05, 0.1) is 4.90 Å². The molecule has 0 bridgehead atoms. The van der Waals surface area contributed by atoms with Crippen LogP contribution in [0.1, 0.15) is 37.7 Å². The molecule has 0 saturated carbocycles. The van der Waals surface area contributed by atoms with E-state index in [1.807, 2.05) is 12.1 Å². The van der Waals surface area contributed by atoms with Crippen LogP contribution in [0.5, 0.6) is 0 Å². The van der Waals surface area contributed by atoms with Crippen LogP contribution in [-0.4, -0.2) is 33.8 Å². The fraction of sp³-hybridized carbons (Fsp3) is 0.625. The van der Waals surface area contributed by atoms with Gasteiger partial charge in [-0.1, -0.05) is 18.6 Å². The summed E-state index contributed by atoms with van der Waals surface area (Å²) >= 11 is 0. The summed E-state index contributed by atoms with van der Waals surface area (Å²) in [6, 6.07) is 7.82. The fourth-order valence-corrected chi connectivity index (χ4v) is 3.36. The predicted molar refractivity (Wildman–Crippen MR) is 86.1 cm³/mol. The van der Waals surface area contributed by atoms with Crippen molar-refractivity contribution in [1.29, 1.82) is 0 Å². The van der Waals surface area contributed by atoms with Gasteiger partial charge in [0, 0.05) is 18.8 Å². The molecular formula is C16H26N2O2S. The van der Waals surface area contributed by atoms with Gasteiger partial charge in [0.2, 0.25) is 0 Å². The third kappa shape index (κ3) is 5.77. The molecule has 0 amide bonds. The van der Waals surface area contributed by atoms with E-state index in [-0.39, 0.29) is 0 Å². The zero-order valence-electron chi connectivity index (χ0n) is 12.8. The van der Waals surface area contributed by atoms with Crippen LogP contribution in [0.25, 0.3) is 0 Å². The maximum absolute atomic E-state index is 11.4. The van der Waals surface area contributed by atoms with Gasteiger partial charge in [-0.05, 0) is 56.5 Å². The van der Waals surface area contributed by atoms with Crippen molar-refractivity contribution < 1.29 is 8.42 Å². The molecule has 2 N–H and O–H groups in total. The van der Waals surface area contributed by atoms with E-state index in [4.69, 9.17) is 0 Å². The lowest BCUT2D eigenvalue weighted by Gasteiger charge is -2.23. The molecule has 21 heavy (non-hydrogen) atoms. The number of nitrogens with one attached hydrogen (secondary N) is 2. The second-order valence-corrected chi connectivity index (χ2v) is 7.90. The van der Waals surface area contributed by atoms with Crippen molar-refractivity contribution in [2.75, 3.05) is 19.3 Å². The van der Waals surface area contributed by atoms with Crippen LogP contribution < -0.4 is 10.6 Å². The zero-order chi connectivity index (χ0) is 15.1. The van der Waals surface area contributed by atoms with Crippen LogP contribution in [-0.2, 0) is 16.4 Å². The largest absolute Gasteiger partial charge is 0.314 e. The summed E-state index contributed by atoms with van der Waals surface area (Å²) in [6.07, 6.45) is 7.64. The number of piperidine rings is 1. The van der Waals surface area contributed by atoms with E-state index in [2.05, 4.69) is 10.6 Å². The van der Waals surface area contributed by atoms with Crippen molar-refractivity contribution in [3.05, 3.63) is 29.8 Å². The van der Waals surface area contributed by atoms with Gasteiger partial charge < -0.3 is 10.6 Å². The molecule has 2 rings (SSSR count). The number of benzene rings is 1. The maximum atomic E-state index is 11.4. The first-order valence-corrected chi connectivity index (χ1v) is 9.68. The quantitative estimate of drug-likeness (QED) is 0.757. The minimum Gasteiger partial charge on any atom is -0.314 e. The molecule has 118 valence electrons. The molecule has 0 spiro atoms. The average molecular weight is 310 g/mol. The second-order valence-electron chi connectivity index (χ2n) is 5.88. The highest BCUT2D eigenvalue weighted by atomic mass is 32.2. The van der Waals surface area contributed by atoms with Gasteiger partial charge in [-0.3, -0.25) is 0 Å². The van der Waals surface area contributed by atoms with Gasteiger partial charge >= 0.3 is 0 Å². The number of rotatable bonds is 7. The van der Waals surface area contributed by atoms with Crippen LogP contribution in [0.2, 0.25) is 0 Å². The van der Waals surface area contributed by atoms with E-state index in [0.717, 1.165) is 18.7 Å². The van der Waals surface area contributed by atoms with Crippen LogP contribution in [0.15, 0.2) is 29.2 Å². The van der Waals surface area contributed by atoms with Gasteiger partial charge in [-0.15, -0.1) is 0 Å². The van der Waals surface area contributed by atoms with E-state index < -0.39 is 9.84 Å². The van der Waals surface area contributed by atoms with E-state index >= 15 is 0 Å². The summed E-state index contributed by atoms with van der Waals surface area (Å²) < 4.78 is 22.7. The van der Waals surface area contributed by atoms with E-state index in [0.29, 0.717) is 10.9 Å². The average Bonchev–Trinajstić information content (AvgIpc) is 2.47. The summed E-state index contributed by atoms with van der Waals surface area (Å²) in [4.78, 5) is 0.384. The van der Waals surface area contributed by atoms with Crippen LogP contribution in [0.3, 0.4) is 0 Å². The topological polar surface area (TPSA) is 58.2 Å². The van der Waals surface area contributed by atoms with E-state index in [1.54, 1.807) is 12.1 Å². The fourth-order valence-electron chi connectivity index (χ4n) is 2.73. The van der Waals surface area contributed by atoms with E-state index in [9.17, 15) is 8.42 Å². The molecule has 1 saturated heterocycles. The third-order valence-electron chi connectivity index (χ3n) is 4.00. The lowest BCUT2D eigenvalue weighted by molar-refractivity contribution is 0.373. The monoisotopic (exact) mass is 310 g/mol. The van der Waals surface area contributed by atoms with Crippen molar-refractivity contribution in [1.82, 2.24) is 10.6 Å². The van der Waals surface area contributed by atoms with Gasteiger partial charge in [0.15, 0.2) is 9.84 Å². The van der Waals surface area contributed by atoms with Gasteiger partial charge in [0.25, 0.3) is 0 Å². The van der Waals surface area contributed by atoms with Gasteiger partial charge in [0.1, 0.15) is 0 Å². The minimum atomic E-state index is -3.09. The maximum Gasteiger partial charge on any atom is 0.175 e. The molecular weight excluding hydrogens is 284 g/mol. The van der Waals surface area contributed by atoms with Crippen molar-refractivity contribution in [2.45, 2.75) is 49.6 Å². The number of hydrogen-bond donors (Lipinski definition) is 2. The van der Waals surface area contributed by atoms with Crippen molar-refractivity contribution in [3.8, 4) is 0 Å². The third-order valence-corrected chi connectivity index (χ3v) is 5.13. The van der Waals surface area contributed by atoms with Crippen LogP contribution >= 0.6 is 0 Å². The van der Waals surface area contributed by atoms with Crippen LogP contribution in [0, 0.1) is 0 Å². The normalized spacial score (nSPS) is 19.6. The molecule has 0 aromatic heterocycles. The van der Waals surface area contributed by atoms with Crippen molar-refractivity contribution >= 4 is 9.84 Å². The molecule has 1 aliphatic rings. The van der Waals surface area contributed by atoms with Crippen molar-refractivity contribution in [2.24, 2.45) is 0 Å². The van der Waals surface area contributed by atoms with E-state index in [1.165, 1.54) is 44.9 Å². The molecule has 1 aromatic carbocycles. The molecule has 1 fully saturated rings. The predicted octanol–water partition coefficient (Wildman–Crippen LogP) is 2.10. The molecule has 1 unspecified atom stereocenters. The Labute approximate surface area is 128 Å². The Bertz CT molecular complexity index is 520. The second kappa shape index (κ2) is 7.92. The minimum absolute atomic E-state index is 0.384. The highest BCUT2D eigenvalue weighted by Crippen LogP contribution is 2.12. The molecule has 1 atom stereocenters. The summed E-state index contributed by atoms with van der Waals surface area (Å²) in [7, 11) is -3.09.